The number of aryl methyl sites for hydroxylation is 2. The van der Waals surface area contributed by atoms with Gasteiger partial charge in [0.25, 0.3) is 0 Å². The molecule has 138 valence electrons. The van der Waals surface area contributed by atoms with Gasteiger partial charge in [0.1, 0.15) is 5.75 Å². The number of thioether (sulfide) groups is 1. The molecule has 27 heavy (non-hydrogen) atoms. The average Bonchev–Trinajstić information content (AvgIpc) is 2.66. The van der Waals surface area contributed by atoms with Gasteiger partial charge >= 0.3 is 5.97 Å². The van der Waals surface area contributed by atoms with Gasteiger partial charge in [-0.25, -0.2) is 4.79 Å². The van der Waals surface area contributed by atoms with Crippen molar-refractivity contribution in [2.75, 3.05) is 6.61 Å². The standard InChI is InChI=1S/C23H22O3S/c1-16-12-21(13-17(2)23(16)26-14-22(24)25)27-15-18-8-10-20(11-9-18)19-6-4-3-5-7-19/h3-13H,14-15H2,1-2H3,(H,24,25). The van der Waals surface area contributed by atoms with E-state index in [1.54, 1.807) is 11.8 Å². The lowest BCUT2D eigenvalue weighted by Crippen LogP contribution is -2.10. The fourth-order valence-electron chi connectivity index (χ4n) is 2.95. The van der Waals surface area contributed by atoms with E-state index < -0.39 is 5.97 Å². The third kappa shape index (κ3) is 5.14. The maximum absolute atomic E-state index is 10.7. The molecule has 0 amide bonds. The van der Waals surface area contributed by atoms with E-state index >= 15 is 0 Å². The Morgan fingerprint density at radius 3 is 2.11 bits per heavy atom. The summed E-state index contributed by atoms with van der Waals surface area (Å²) >= 11 is 1.76. The smallest absolute Gasteiger partial charge is 0.341 e. The summed E-state index contributed by atoms with van der Waals surface area (Å²) in [5, 5.41) is 8.78. The number of carboxylic acids is 1. The minimum atomic E-state index is -0.966. The molecule has 0 atom stereocenters. The molecule has 1 N–H and O–H groups in total. The summed E-state index contributed by atoms with van der Waals surface area (Å²) in [6.07, 6.45) is 0. The molecular weight excluding hydrogens is 356 g/mol. The zero-order chi connectivity index (χ0) is 19.2. The second-order valence-electron chi connectivity index (χ2n) is 6.42. The van der Waals surface area contributed by atoms with Crippen LogP contribution in [0.3, 0.4) is 0 Å². The van der Waals surface area contributed by atoms with Crippen molar-refractivity contribution in [2.24, 2.45) is 0 Å². The van der Waals surface area contributed by atoms with Crippen molar-refractivity contribution in [2.45, 2.75) is 24.5 Å². The van der Waals surface area contributed by atoms with Crippen LogP contribution in [-0.2, 0) is 10.5 Å². The SMILES string of the molecule is Cc1cc(SCc2ccc(-c3ccccc3)cc2)cc(C)c1OCC(=O)O. The normalized spacial score (nSPS) is 10.6. The van der Waals surface area contributed by atoms with Crippen LogP contribution in [0, 0.1) is 13.8 Å². The molecule has 0 aliphatic carbocycles. The molecular formula is C23H22O3S. The minimum Gasteiger partial charge on any atom is -0.481 e. The van der Waals surface area contributed by atoms with E-state index in [0.717, 1.165) is 21.8 Å². The van der Waals surface area contributed by atoms with Crippen LogP contribution in [0.4, 0.5) is 0 Å². The Bertz CT molecular complexity index is 895. The van der Waals surface area contributed by atoms with Gasteiger partial charge in [0, 0.05) is 10.6 Å². The lowest BCUT2D eigenvalue weighted by Gasteiger charge is -2.13. The van der Waals surface area contributed by atoms with E-state index in [1.807, 2.05) is 44.2 Å². The topological polar surface area (TPSA) is 46.5 Å². The number of carbonyl (C=O) groups is 1. The van der Waals surface area contributed by atoms with Crippen LogP contribution in [0.5, 0.6) is 5.75 Å². The predicted octanol–water partition coefficient (Wildman–Crippen LogP) is 5.73. The van der Waals surface area contributed by atoms with Crippen molar-refractivity contribution in [1.82, 2.24) is 0 Å². The molecule has 4 heteroatoms. The fourth-order valence-corrected chi connectivity index (χ4v) is 3.99. The number of benzene rings is 3. The van der Waals surface area contributed by atoms with Gasteiger partial charge in [-0.3, -0.25) is 0 Å². The highest BCUT2D eigenvalue weighted by Crippen LogP contribution is 2.31. The second-order valence-corrected chi connectivity index (χ2v) is 7.47. The van der Waals surface area contributed by atoms with Crippen LogP contribution in [0.25, 0.3) is 11.1 Å². The molecule has 0 aromatic heterocycles. The Morgan fingerprint density at radius 1 is 0.926 bits per heavy atom. The monoisotopic (exact) mass is 378 g/mol. The maximum Gasteiger partial charge on any atom is 0.341 e. The van der Waals surface area contributed by atoms with E-state index in [0.29, 0.717) is 5.75 Å². The van der Waals surface area contributed by atoms with E-state index in [1.165, 1.54) is 16.7 Å². The molecule has 0 aliphatic rings. The largest absolute Gasteiger partial charge is 0.481 e. The van der Waals surface area contributed by atoms with Crippen molar-refractivity contribution in [3.8, 4) is 16.9 Å². The van der Waals surface area contributed by atoms with Gasteiger partial charge in [0.15, 0.2) is 6.61 Å². The summed E-state index contributed by atoms with van der Waals surface area (Å²) in [6.45, 7) is 3.58. The van der Waals surface area contributed by atoms with Crippen molar-refractivity contribution in [3.63, 3.8) is 0 Å². The number of aliphatic carboxylic acids is 1. The minimum absolute atomic E-state index is 0.318. The number of carboxylic acid groups (broad SMARTS) is 1. The highest BCUT2D eigenvalue weighted by atomic mass is 32.2. The zero-order valence-corrected chi connectivity index (χ0v) is 16.3. The van der Waals surface area contributed by atoms with Gasteiger partial charge in [-0.1, -0.05) is 54.6 Å². The molecule has 0 heterocycles. The quantitative estimate of drug-likeness (QED) is 0.534. The Balaban J connectivity index is 1.65. The summed E-state index contributed by atoms with van der Waals surface area (Å²) < 4.78 is 5.39. The summed E-state index contributed by atoms with van der Waals surface area (Å²) in [6, 6.07) is 23.1. The van der Waals surface area contributed by atoms with Crippen molar-refractivity contribution >= 4 is 17.7 Å². The third-order valence-corrected chi connectivity index (χ3v) is 5.29. The average molecular weight is 378 g/mol. The molecule has 3 rings (SSSR count). The molecule has 0 saturated carbocycles. The number of hydrogen-bond donors (Lipinski definition) is 1. The number of ether oxygens (including phenoxy) is 1. The van der Waals surface area contributed by atoms with Gasteiger partial charge in [-0.15, -0.1) is 11.8 Å². The highest BCUT2D eigenvalue weighted by Gasteiger charge is 2.09. The molecule has 0 radical (unpaired) electrons. The van der Waals surface area contributed by atoms with Gasteiger partial charge in [0.2, 0.25) is 0 Å². The fraction of sp³-hybridized carbons (Fsp3) is 0.174. The zero-order valence-electron chi connectivity index (χ0n) is 15.4. The Labute approximate surface area is 164 Å². The molecule has 0 saturated heterocycles. The molecule has 3 aromatic rings. The molecule has 0 aliphatic heterocycles. The second kappa shape index (κ2) is 8.78. The summed E-state index contributed by atoms with van der Waals surface area (Å²) in [4.78, 5) is 11.9. The van der Waals surface area contributed by atoms with Gasteiger partial charge in [-0.05, 0) is 53.8 Å². The summed E-state index contributed by atoms with van der Waals surface area (Å²) in [5.74, 6) is 0.573. The van der Waals surface area contributed by atoms with Gasteiger partial charge < -0.3 is 9.84 Å². The first-order chi connectivity index (χ1) is 13.0. The summed E-state index contributed by atoms with van der Waals surface area (Å²) in [7, 11) is 0. The molecule has 0 spiro atoms. The van der Waals surface area contributed by atoms with Crippen molar-refractivity contribution in [1.29, 1.82) is 0 Å². The van der Waals surface area contributed by atoms with Crippen LogP contribution in [0.1, 0.15) is 16.7 Å². The van der Waals surface area contributed by atoms with Crippen LogP contribution in [0.2, 0.25) is 0 Å². The molecule has 0 fully saturated rings. The lowest BCUT2D eigenvalue weighted by molar-refractivity contribution is -0.139. The first-order valence-corrected chi connectivity index (χ1v) is 9.74. The Hall–Kier alpha value is -2.72. The predicted molar refractivity (Wildman–Crippen MR) is 110 cm³/mol. The molecule has 3 aromatic carbocycles. The number of hydrogen-bond acceptors (Lipinski definition) is 3. The van der Waals surface area contributed by atoms with E-state index in [2.05, 4.69) is 36.4 Å². The lowest BCUT2D eigenvalue weighted by atomic mass is 10.0. The van der Waals surface area contributed by atoms with Crippen LogP contribution >= 0.6 is 11.8 Å². The summed E-state index contributed by atoms with van der Waals surface area (Å²) in [5.41, 5.74) is 5.62. The van der Waals surface area contributed by atoms with E-state index in [-0.39, 0.29) is 6.61 Å². The first kappa shape index (κ1) is 19.1. The van der Waals surface area contributed by atoms with Crippen molar-refractivity contribution in [3.05, 3.63) is 83.4 Å². The van der Waals surface area contributed by atoms with Crippen LogP contribution in [0.15, 0.2) is 71.6 Å². The van der Waals surface area contributed by atoms with Gasteiger partial charge in [-0.2, -0.15) is 0 Å². The first-order valence-electron chi connectivity index (χ1n) is 8.76. The van der Waals surface area contributed by atoms with Crippen molar-refractivity contribution < 1.29 is 14.6 Å². The van der Waals surface area contributed by atoms with Gasteiger partial charge in [0.05, 0.1) is 0 Å². The van der Waals surface area contributed by atoms with E-state index in [4.69, 9.17) is 9.84 Å². The molecule has 0 bridgehead atoms. The maximum atomic E-state index is 10.7. The van der Waals surface area contributed by atoms with Crippen LogP contribution in [-0.4, -0.2) is 17.7 Å². The Kier molecular flexibility index (Phi) is 6.20. The highest BCUT2D eigenvalue weighted by molar-refractivity contribution is 7.98. The third-order valence-electron chi connectivity index (χ3n) is 4.24. The van der Waals surface area contributed by atoms with Crippen LogP contribution < -0.4 is 4.74 Å². The molecule has 3 nitrogen and oxygen atoms in total. The number of rotatable bonds is 7. The van der Waals surface area contributed by atoms with E-state index in [9.17, 15) is 4.79 Å². The molecule has 0 unspecified atom stereocenters. The Morgan fingerprint density at radius 2 is 1.52 bits per heavy atom.